The second kappa shape index (κ2) is 5.53. The molecule has 2 aromatic rings. The van der Waals surface area contributed by atoms with Crippen molar-refractivity contribution in [1.82, 2.24) is 4.98 Å². The van der Waals surface area contributed by atoms with Crippen LogP contribution in [0.3, 0.4) is 0 Å². The van der Waals surface area contributed by atoms with Crippen LogP contribution in [0.2, 0.25) is 0 Å². The summed E-state index contributed by atoms with van der Waals surface area (Å²) in [5.41, 5.74) is 2.24. The lowest BCUT2D eigenvalue weighted by molar-refractivity contribution is 0.414. The highest BCUT2D eigenvalue weighted by Crippen LogP contribution is 2.31. The van der Waals surface area contributed by atoms with Gasteiger partial charge in [0.15, 0.2) is 0 Å². The third-order valence-corrected chi connectivity index (χ3v) is 4.35. The van der Waals surface area contributed by atoms with Gasteiger partial charge >= 0.3 is 0 Å². The summed E-state index contributed by atoms with van der Waals surface area (Å²) in [7, 11) is 1.68. The number of para-hydroxylation sites is 1. The molecule has 4 heteroatoms. The molecule has 98 valence electrons. The summed E-state index contributed by atoms with van der Waals surface area (Å²) in [6.45, 7) is 0. The fourth-order valence-corrected chi connectivity index (χ4v) is 3.28. The lowest BCUT2D eigenvalue weighted by Gasteiger charge is -2.06. The molecule has 0 bridgehead atoms. The van der Waals surface area contributed by atoms with Crippen molar-refractivity contribution >= 4 is 22.7 Å². The van der Waals surface area contributed by atoms with E-state index in [-0.39, 0.29) is 0 Å². The van der Waals surface area contributed by atoms with Crippen molar-refractivity contribution < 1.29 is 4.74 Å². The van der Waals surface area contributed by atoms with Crippen molar-refractivity contribution in [2.75, 3.05) is 7.11 Å². The molecule has 0 saturated carbocycles. The zero-order valence-corrected chi connectivity index (χ0v) is 11.7. The average molecular weight is 272 g/mol. The number of fused-ring (bicyclic) bond motifs is 1. The van der Waals surface area contributed by atoms with E-state index in [1.54, 1.807) is 18.4 Å². The first kappa shape index (κ1) is 12.4. The molecular formula is C15H16N2OS. The second-order valence-electron chi connectivity index (χ2n) is 4.57. The van der Waals surface area contributed by atoms with E-state index in [4.69, 9.17) is 4.74 Å². The number of aryl methyl sites for hydroxylation is 2. The van der Waals surface area contributed by atoms with Crippen LogP contribution in [-0.2, 0) is 12.8 Å². The van der Waals surface area contributed by atoms with Crippen LogP contribution in [0.15, 0.2) is 29.3 Å². The summed E-state index contributed by atoms with van der Waals surface area (Å²) in [5, 5.41) is 0.859. The van der Waals surface area contributed by atoms with Gasteiger partial charge in [-0.15, -0.1) is 0 Å². The second-order valence-corrected chi connectivity index (χ2v) is 5.64. The zero-order chi connectivity index (χ0) is 13.1. The molecule has 1 heterocycles. The standard InChI is InChI=1S/C15H16N2OS/c1-18-13-8-4-2-6-11(13)10-16-15-17-12-7-3-5-9-14(12)19-15/h2,4,6,8,10H,3,5,7,9H2,1H3/b16-10+. The average Bonchev–Trinajstić information content (AvgIpc) is 2.88. The first-order valence-electron chi connectivity index (χ1n) is 6.52. The number of nitrogens with zero attached hydrogens (tertiary/aromatic N) is 2. The number of benzene rings is 1. The summed E-state index contributed by atoms with van der Waals surface area (Å²) in [5.74, 6) is 0.840. The molecule has 19 heavy (non-hydrogen) atoms. The molecule has 0 N–H and O–H groups in total. The molecule has 0 aliphatic heterocycles. The largest absolute Gasteiger partial charge is 0.496 e. The highest BCUT2D eigenvalue weighted by atomic mass is 32.1. The summed E-state index contributed by atoms with van der Waals surface area (Å²) < 4.78 is 5.31. The Morgan fingerprint density at radius 1 is 1.26 bits per heavy atom. The minimum absolute atomic E-state index is 0.840. The highest BCUT2D eigenvalue weighted by molar-refractivity contribution is 7.15. The maximum absolute atomic E-state index is 5.31. The normalized spacial score (nSPS) is 14.6. The first-order chi connectivity index (χ1) is 9.36. The van der Waals surface area contributed by atoms with Crippen molar-refractivity contribution in [2.24, 2.45) is 4.99 Å². The van der Waals surface area contributed by atoms with E-state index in [1.807, 2.05) is 30.5 Å². The Kier molecular flexibility index (Phi) is 3.60. The minimum atomic E-state index is 0.840. The molecule has 1 aromatic heterocycles. The van der Waals surface area contributed by atoms with Crippen LogP contribution in [0, 0.1) is 0 Å². The molecule has 0 fully saturated rings. The Hall–Kier alpha value is -1.68. The van der Waals surface area contributed by atoms with Crippen LogP contribution < -0.4 is 4.74 Å². The molecule has 0 atom stereocenters. The van der Waals surface area contributed by atoms with Crippen LogP contribution in [0.1, 0.15) is 29.0 Å². The predicted molar refractivity (Wildman–Crippen MR) is 79.0 cm³/mol. The molecule has 0 spiro atoms. The highest BCUT2D eigenvalue weighted by Gasteiger charge is 2.14. The van der Waals surface area contributed by atoms with Gasteiger partial charge in [-0.1, -0.05) is 23.5 Å². The lowest BCUT2D eigenvalue weighted by atomic mass is 10.0. The van der Waals surface area contributed by atoms with Gasteiger partial charge in [0.25, 0.3) is 0 Å². The van der Waals surface area contributed by atoms with E-state index in [0.717, 1.165) is 29.3 Å². The Morgan fingerprint density at radius 2 is 2.11 bits per heavy atom. The van der Waals surface area contributed by atoms with Crippen molar-refractivity contribution in [2.45, 2.75) is 25.7 Å². The van der Waals surface area contributed by atoms with Gasteiger partial charge in [0.2, 0.25) is 5.13 Å². The van der Waals surface area contributed by atoms with Crippen molar-refractivity contribution in [3.8, 4) is 5.75 Å². The first-order valence-corrected chi connectivity index (χ1v) is 7.34. The number of rotatable bonds is 3. The number of ether oxygens (including phenoxy) is 1. The van der Waals surface area contributed by atoms with E-state index in [1.165, 1.54) is 23.4 Å². The van der Waals surface area contributed by atoms with Crippen LogP contribution in [0.4, 0.5) is 5.13 Å². The van der Waals surface area contributed by atoms with Gasteiger partial charge in [-0.2, -0.15) is 0 Å². The maximum atomic E-state index is 5.31. The van der Waals surface area contributed by atoms with Crippen molar-refractivity contribution in [1.29, 1.82) is 0 Å². The molecule has 1 aliphatic rings. The van der Waals surface area contributed by atoms with Crippen LogP contribution >= 0.6 is 11.3 Å². The van der Waals surface area contributed by atoms with Crippen LogP contribution in [0.25, 0.3) is 0 Å². The third-order valence-electron chi connectivity index (χ3n) is 3.29. The molecule has 0 unspecified atom stereocenters. The van der Waals surface area contributed by atoms with Crippen molar-refractivity contribution in [3.63, 3.8) is 0 Å². The van der Waals surface area contributed by atoms with E-state index in [9.17, 15) is 0 Å². The van der Waals surface area contributed by atoms with Gasteiger partial charge in [-0.3, -0.25) is 0 Å². The Morgan fingerprint density at radius 3 is 2.95 bits per heavy atom. The fraction of sp³-hybridized carbons (Fsp3) is 0.333. The SMILES string of the molecule is COc1ccccc1/C=N/c1nc2c(s1)CCCC2. The number of hydrogen-bond acceptors (Lipinski definition) is 4. The molecule has 1 aromatic carbocycles. The number of thiazole rings is 1. The molecule has 0 saturated heterocycles. The molecule has 0 amide bonds. The maximum Gasteiger partial charge on any atom is 0.209 e. The Labute approximate surface area is 117 Å². The fourth-order valence-electron chi connectivity index (χ4n) is 2.29. The van der Waals surface area contributed by atoms with Gasteiger partial charge in [-0.25, -0.2) is 9.98 Å². The van der Waals surface area contributed by atoms with Crippen LogP contribution in [0.5, 0.6) is 5.75 Å². The molecule has 0 radical (unpaired) electrons. The summed E-state index contributed by atoms with van der Waals surface area (Å²) in [6, 6.07) is 7.87. The number of aromatic nitrogens is 1. The minimum Gasteiger partial charge on any atom is -0.496 e. The van der Waals surface area contributed by atoms with Gasteiger partial charge < -0.3 is 4.74 Å². The summed E-state index contributed by atoms with van der Waals surface area (Å²) >= 11 is 1.72. The molecule has 3 rings (SSSR count). The van der Waals surface area contributed by atoms with E-state index < -0.39 is 0 Å². The number of hydrogen-bond donors (Lipinski definition) is 0. The zero-order valence-electron chi connectivity index (χ0n) is 10.9. The molecule has 3 nitrogen and oxygen atoms in total. The van der Waals surface area contributed by atoms with Gasteiger partial charge in [0.05, 0.1) is 12.8 Å². The van der Waals surface area contributed by atoms with Gasteiger partial charge in [-0.05, 0) is 37.8 Å². The predicted octanol–water partition coefficient (Wildman–Crippen LogP) is 3.78. The monoisotopic (exact) mass is 272 g/mol. The van der Waals surface area contributed by atoms with Gasteiger partial charge in [0.1, 0.15) is 5.75 Å². The lowest BCUT2D eigenvalue weighted by Crippen LogP contribution is -1.98. The Bertz CT molecular complexity index is 580. The number of aliphatic imine (C=N–C) groups is 1. The smallest absolute Gasteiger partial charge is 0.209 e. The summed E-state index contributed by atoms with van der Waals surface area (Å²) in [4.78, 5) is 10.5. The van der Waals surface area contributed by atoms with Crippen LogP contribution in [-0.4, -0.2) is 18.3 Å². The summed E-state index contributed by atoms with van der Waals surface area (Å²) in [6.07, 6.45) is 6.65. The molecular weight excluding hydrogens is 256 g/mol. The van der Waals surface area contributed by atoms with E-state index in [0.29, 0.717) is 0 Å². The topological polar surface area (TPSA) is 34.5 Å². The number of methoxy groups -OCH3 is 1. The van der Waals surface area contributed by atoms with Gasteiger partial charge in [0, 0.05) is 16.7 Å². The quantitative estimate of drug-likeness (QED) is 0.797. The third kappa shape index (κ3) is 2.68. The molecule has 1 aliphatic carbocycles. The van der Waals surface area contributed by atoms with Crippen molar-refractivity contribution in [3.05, 3.63) is 40.4 Å². The van der Waals surface area contributed by atoms with E-state index in [2.05, 4.69) is 9.98 Å². The van der Waals surface area contributed by atoms with E-state index >= 15 is 0 Å². The Balaban J connectivity index is 1.84.